The molecule has 1 atom stereocenters. The van der Waals surface area contributed by atoms with Gasteiger partial charge in [-0.2, -0.15) is 13.2 Å². The van der Waals surface area contributed by atoms with Crippen molar-refractivity contribution in [3.05, 3.63) is 35.2 Å². The predicted molar refractivity (Wildman–Crippen MR) is 82.2 cm³/mol. The molecule has 0 saturated carbocycles. The first kappa shape index (κ1) is 21.7. The van der Waals surface area contributed by atoms with E-state index in [4.69, 9.17) is 13.0 Å². The Morgan fingerprint density at radius 3 is 1.76 bits per heavy atom. The van der Waals surface area contributed by atoms with Crippen LogP contribution in [0.2, 0.25) is 0 Å². The van der Waals surface area contributed by atoms with Gasteiger partial charge in [0.05, 0.1) is 10.5 Å². The van der Waals surface area contributed by atoms with Gasteiger partial charge in [0, 0.05) is 16.9 Å². The van der Waals surface area contributed by atoms with Crippen LogP contribution in [0.3, 0.4) is 0 Å². The van der Waals surface area contributed by atoms with Crippen LogP contribution in [0.15, 0.2) is 30.3 Å². The van der Waals surface area contributed by atoms with Crippen molar-refractivity contribution in [3.63, 3.8) is 0 Å². The number of alkyl halides is 6. The number of halogens is 6. The van der Waals surface area contributed by atoms with E-state index in [0.29, 0.717) is 15.0 Å². The smallest absolute Gasteiger partial charge is 0.600 e. The molecule has 0 bridgehead atoms. The Morgan fingerprint density at radius 1 is 0.960 bits per heavy atom. The van der Waals surface area contributed by atoms with Crippen LogP contribution in [-0.4, -0.2) is 18.5 Å². The van der Waals surface area contributed by atoms with Gasteiger partial charge in [-0.15, -0.1) is 13.2 Å². The number of fused-ring (bicyclic) bond motifs is 1. The summed E-state index contributed by atoms with van der Waals surface area (Å²) in [6.45, 7) is 5.49. The zero-order chi connectivity index (χ0) is 19.8. The molecule has 0 N–H and O–H groups in total. The summed E-state index contributed by atoms with van der Waals surface area (Å²) in [6.07, 6.45) is 0. The highest BCUT2D eigenvalue weighted by Gasteiger charge is 2.50. The Morgan fingerprint density at radius 2 is 1.40 bits per heavy atom. The van der Waals surface area contributed by atoms with Crippen LogP contribution in [0.4, 0.5) is 26.3 Å². The normalized spacial score (nSPS) is 14.2. The van der Waals surface area contributed by atoms with Crippen molar-refractivity contribution in [1.82, 2.24) is 0 Å². The maximum Gasteiger partial charge on any atom is 0.600 e. The van der Waals surface area contributed by atoms with E-state index in [0.717, 1.165) is 0 Å². The minimum atomic E-state index is -6.09. The van der Waals surface area contributed by atoms with E-state index in [-0.39, 0.29) is 0 Å². The maximum atomic E-state index is 13.2. The molecule has 2 aromatic rings. The van der Waals surface area contributed by atoms with Crippen molar-refractivity contribution in [2.75, 3.05) is 0 Å². The minimum Gasteiger partial charge on any atom is -0.741 e. The summed E-state index contributed by atoms with van der Waals surface area (Å²) in [6, 6.07) is 8.48. The lowest BCUT2D eigenvalue weighted by Crippen LogP contribution is -2.21. The second kappa shape index (κ2) is 6.76. The largest absolute Gasteiger partial charge is 0.741 e. The molecule has 1 heterocycles. The van der Waals surface area contributed by atoms with Crippen molar-refractivity contribution in [2.24, 2.45) is 0 Å². The Kier molecular flexibility index (Phi) is 5.88. The first-order valence-electron chi connectivity index (χ1n) is 6.61. The first-order chi connectivity index (χ1) is 11.0. The molecule has 25 heavy (non-hydrogen) atoms. The molecule has 1 unspecified atom stereocenters. The van der Waals surface area contributed by atoms with Gasteiger partial charge in [-0.1, -0.05) is 32.9 Å². The minimum absolute atomic E-state index is 0.407. The van der Waals surface area contributed by atoms with Gasteiger partial charge in [-0.05, 0) is 12.1 Å². The average Bonchev–Trinajstić information content (AvgIpc) is 2.75. The van der Waals surface area contributed by atoms with Crippen molar-refractivity contribution < 1.29 is 39.3 Å². The highest BCUT2D eigenvalue weighted by molar-refractivity contribution is 7.86. The zero-order valence-electron chi connectivity index (χ0n) is 13.2. The fourth-order valence-corrected chi connectivity index (χ4v) is 4.05. The fraction of sp³-hybridized carbons (Fsp3) is 0.429. The van der Waals surface area contributed by atoms with Gasteiger partial charge >= 0.3 is 11.0 Å². The lowest BCUT2D eigenvalue weighted by molar-refractivity contribution is -0.0869. The highest BCUT2D eigenvalue weighted by Crippen LogP contribution is 2.53. The molecule has 1 aromatic heterocycles. The predicted octanol–water partition coefficient (Wildman–Crippen LogP) is 5.41. The first-order valence-corrected chi connectivity index (χ1v) is 9.24. The average molecular weight is 408 g/mol. The SMILES string of the molecule is CC(C)(C)c1cc2ccccc2[s+]1C(F)(F)F.O=S(=O)([O-])C(F)(F)F. The second-order valence-electron chi connectivity index (χ2n) is 5.95. The molecule has 0 radical (unpaired) electrons. The Balaban J connectivity index is 0.000000333. The van der Waals surface area contributed by atoms with Crippen LogP contribution in [0.25, 0.3) is 10.1 Å². The summed E-state index contributed by atoms with van der Waals surface area (Å²) in [5, 5.41) is 0.707. The van der Waals surface area contributed by atoms with Crippen molar-refractivity contribution >= 4 is 30.7 Å². The third-order valence-corrected chi connectivity index (χ3v) is 5.91. The van der Waals surface area contributed by atoms with Gasteiger partial charge in [0.2, 0.25) is 0 Å². The number of hydrogen-bond donors (Lipinski definition) is 0. The van der Waals surface area contributed by atoms with Gasteiger partial charge in [-0.25, -0.2) is 8.42 Å². The Bertz CT molecular complexity index is 842. The molecular formula is C14H14F6O3S2. The van der Waals surface area contributed by atoms with Crippen LogP contribution in [0, 0.1) is 0 Å². The molecule has 0 aliphatic rings. The summed E-state index contributed by atoms with van der Waals surface area (Å²) in [4.78, 5) is 0.478. The van der Waals surface area contributed by atoms with Crippen LogP contribution < -0.4 is 0 Å². The third kappa shape index (κ3) is 5.32. The van der Waals surface area contributed by atoms with Crippen molar-refractivity contribution in [1.29, 1.82) is 0 Å². The van der Waals surface area contributed by atoms with Gasteiger partial charge in [0.25, 0.3) is 0 Å². The molecule has 0 aliphatic heterocycles. The van der Waals surface area contributed by atoms with Crippen LogP contribution >= 0.6 is 10.5 Å². The molecular weight excluding hydrogens is 394 g/mol. The Labute approximate surface area is 143 Å². The molecule has 0 saturated heterocycles. The van der Waals surface area contributed by atoms with Crippen LogP contribution in [0.1, 0.15) is 25.6 Å². The van der Waals surface area contributed by atoms with Crippen LogP contribution in [0.5, 0.6) is 0 Å². The zero-order valence-corrected chi connectivity index (χ0v) is 14.8. The van der Waals surface area contributed by atoms with Gasteiger partial charge < -0.3 is 4.55 Å². The molecule has 0 fully saturated rings. The topological polar surface area (TPSA) is 57.2 Å². The number of benzene rings is 1. The molecule has 1 aromatic carbocycles. The molecule has 0 spiro atoms. The van der Waals surface area contributed by atoms with Gasteiger partial charge in [0.1, 0.15) is 0 Å². The van der Waals surface area contributed by atoms with E-state index in [2.05, 4.69) is 0 Å². The van der Waals surface area contributed by atoms with E-state index >= 15 is 0 Å². The van der Waals surface area contributed by atoms with Crippen LogP contribution in [-0.2, 0) is 21.0 Å². The number of thiophene rings is 1. The molecule has 0 amide bonds. The molecule has 142 valence electrons. The summed E-state index contributed by atoms with van der Waals surface area (Å²) in [5.41, 5.74) is -10.3. The second-order valence-corrected chi connectivity index (χ2v) is 9.27. The third-order valence-electron chi connectivity index (χ3n) is 2.90. The van der Waals surface area contributed by atoms with Gasteiger partial charge in [-0.3, -0.25) is 0 Å². The molecule has 3 nitrogen and oxygen atoms in total. The summed E-state index contributed by atoms with van der Waals surface area (Å²) in [7, 11) is -7.86. The van der Waals surface area contributed by atoms with Crippen molar-refractivity contribution in [2.45, 2.75) is 37.2 Å². The summed E-state index contributed by atoms with van der Waals surface area (Å²) < 4.78 is 98.9. The molecule has 0 aliphatic carbocycles. The number of rotatable bonds is 0. The fourth-order valence-electron chi connectivity index (χ4n) is 1.88. The quantitative estimate of drug-likeness (QED) is 0.253. The summed E-state index contributed by atoms with van der Waals surface area (Å²) >= 11 is 0. The summed E-state index contributed by atoms with van der Waals surface area (Å²) in [5.74, 6) is 0. The van der Waals surface area contributed by atoms with E-state index in [1.54, 1.807) is 30.3 Å². The van der Waals surface area contributed by atoms with E-state index < -0.39 is 37.0 Å². The van der Waals surface area contributed by atoms with Crippen molar-refractivity contribution in [3.8, 4) is 0 Å². The van der Waals surface area contributed by atoms with E-state index in [1.165, 1.54) is 0 Å². The lowest BCUT2D eigenvalue weighted by atomic mass is 9.94. The standard InChI is InChI=1S/C13H14F3S.CHF3O3S/c1-12(2,3)11-8-9-6-4-5-7-10(9)17(11)13(14,15)16;2-1(3,4)8(5,6)7/h4-8H,1-3H3;(H,5,6,7)/q+1;/p-1. The number of hydrogen-bond acceptors (Lipinski definition) is 3. The maximum absolute atomic E-state index is 13.2. The molecule has 2 rings (SSSR count). The van der Waals surface area contributed by atoms with Gasteiger partial charge in [0.15, 0.2) is 19.7 Å². The van der Waals surface area contributed by atoms with E-state index in [1.807, 2.05) is 20.8 Å². The monoisotopic (exact) mass is 408 g/mol. The highest BCUT2D eigenvalue weighted by atomic mass is 32.2. The Hall–Kier alpha value is -1.33. The molecule has 11 heteroatoms. The van der Waals surface area contributed by atoms with E-state index in [9.17, 15) is 26.3 Å². The lowest BCUT2D eigenvalue weighted by Gasteiger charge is -2.13.